The molecule has 0 N–H and O–H groups in total. The number of carbonyl (C=O) groups excluding carboxylic acids is 2. The highest BCUT2D eigenvalue weighted by atomic mass is 32.1. The first-order valence-electron chi connectivity index (χ1n) is 9.71. The fourth-order valence-corrected chi connectivity index (χ4v) is 4.18. The highest BCUT2D eigenvalue weighted by Gasteiger charge is 2.40. The summed E-state index contributed by atoms with van der Waals surface area (Å²) in [5.74, 6) is 0.498. The van der Waals surface area contributed by atoms with E-state index in [-0.39, 0.29) is 13.1 Å². The van der Waals surface area contributed by atoms with Crippen LogP contribution in [0.1, 0.15) is 18.1 Å². The number of piperazine rings is 1. The van der Waals surface area contributed by atoms with Crippen molar-refractivity contribution in [2.45, 2.75) is 32.7 Å². The summed E-state index contributed by atoms with van der Waals surface area (Å²) in [6.07, 6.45) is -7.66. The number of ether oxygens (including phenoxy) is 2. The third-order valence-electron chi connectivity index (χ3n) is 5.08. The molecule has 1 aromatic carbocycles. The van der Waals surface area contributed by atoms with Crippen LogP contribution >= 0.6 is 11.3 Å². The van der Waals surface area contributed by atoms with E-state index >= 15 is 0 Å². The quantitative estimate of drug-likeness (QED) is 0.601. The number of nitrogens with zero attached hydrogens (tertiary/aromatic N) is 2. The molecule has 0 spiro atoms. The fraction of sp³-hybridized carbons (Fsp3) is 0.429. The molecule has 1 aromatic heterocycles. The Morgan fingerprint density at radius 3 is 2.58 bits per heavy atom. The van der Waals surface area contributed by atoms with Gasteiger partial charge in [0.25, 0.3) is 6.47 Å². The second-order valence-corrected chi connectivity index (χ2v) is 8.24. The van der Waals surface area contributed by atoms with Gasteiger partial charge in [0.1, 0.15) is 5.75 Å². The van der Waals surface area contributed by atoms with Gasteiger partial charge in [0, 0.05) is 38.3 Å². The van der Waals surface area contributed by atoms with E-state index in [2.05, 4.69) is 9.64 Å². The molecule has 10 heteroatoms. The van der Waals surface area contributed by atoms with Crippen molar-refractivity contribution in [2.24, 2.45) is 0 Å². The summed E-state index contributed by atoms with van der Waals surface area (Å²) >= 11 is 1.48. The number of alkyl halides is 3. The van der Waals surface area contributed by atoms with Gasteiger partial charge in [-0.3, -0.25) is 9.69 Å². The number of hydrogen-bond donors (Lipinski definition) is 0. The maximum absolute atomic E-state index is 12.6. The van der Waals surface area contributed by atoms with Gasteiger partial charge in [-0.2, -0.15) is 13.2 Å². The predicted octanol–water partition coefficient (Wildman–Crippen LogP) is 4.46. The van der Waals surface area contributed by atoms with Crippen LogP contribution in [0, 0.1) is 6.92 Å². The molecule has 1 aliphatic heterocycles. The second-order valence-electron chi connectivity index (χ2n) is 7.32. The zero-order chi connectivity index (χ0) is 22.6. The van der Waals surface area contributed by atoms with Crippen LogP contribution in [0.25, 0.3) is 10.4 Å². The van der Waals surface area contributed by atoms with Crippen LogP contribution in [0.3, 0.4) is 0 Å². The van der Waals surface area contributed by atoms with Crippen molar-refractivity contribution in [3.8, 4) is 16.2 Å². The summed E-state index contributed by atoms with van der Waals surface area (Å²) in [5.41, 5.74) is 3.06. The highest BCUT2D eigenvalue weighted by molar-refractivity contribution is 7.14. The van der Waals surface area contributed by atoms with Gasteiger partial charge in [0.05, 0.1) is 4.88 Å². The van der Waals surface area contributed by atoms with Crippen LogP contribution < -0.4 is 4.74 Å². The van der Waals surface area contributed by atoms with Crippen LogP contribution in [-0.2, 0) is 16.1 Å². The monoisotopic (exact) mass is 456 g/mol. The van der Waals surface area contributed by atoms with Crippen LogP contribution in [-0.4, -0.2) is 60.8 Å². The normalized spacial score (nSPS) is 16.1. The van der Waals surface area contributed by atoms with Gasteiger partial charge in [-0.15, -0.1) is 11.3 Å². The Balaban J connectivity index is 1.65. The number of carbonyl (C=O) groups is 2. The summed E-state index contributed by atoms with van der Waals surface area (Å²) in [6.45, 7) is 5.37. The standard InChI is InChI=1S/C21H23F3N2O4S/c1-14-3-4-16(17(11-14)19-18(29-13-27)5-10-31-19)12-25-6-8-26(9-7-25)20(28)30-15(2)21(22,23)24/h3-5,10-11,13,15H,6-9,12H2,1-2H3. The van der Waals surface area contributed by atoms with Gasteiger partial charge >= 0.3 is 12.3 Å². The second kappa shape index (κ2) is 9.69. The van der Waals surface area contributed by atoms with Crippen molar-refractivity contribution in [2.75, 3.05) is 26.2 Å². The van der Waals surface area contributed by atoms with Crippen molar-refractivity contribution in [1.82, 2.24) is 9.80 Å². The highest BCUT2D eigenvalue weighted by Crippen LogP contribution is 2.38. The first kappa shape index (κ1) is 23.1. The lowest BCUT2D eigenvalue weighted by Crippen LogP contribution is -2.49. The summed E-state index contributed by atoms with van der Waals surface area (Å²) in [7, 11) is 0. The first-order valence-corrected chi connectivity index (χ1v) is 10.6. The van der Waals surface area contributed by atoms with Crippen molar-refractivity contribution in [3.05, 3.63) is 40.8 Å². The maximum atomic E-state index is 12.6. The molecule has 0 bridgehead atoms. The molecule has 2 aromatic rings. The minimum Gasteiger partial charge on any atom is -0.437 e. The molecule has 0 saturated carbocycles. The number of thiophene rings is 1. The average Bonchev–Trinajstić information content (AvgIpc) is 3.17. The molecule has 168 valence electrons. The van der Waals surface area contributed by atoms with E-state index in [1.54, 1.807) is 6.07 Å². The van der Waals surface area contributed by atoms with Gasteiger partial charge in [-0.25, -0.2) is 4.79 Å². The number of benzene rings is 1. The van der Waals surface area contributed by atoms with Gasteiger partial charge in [0.15, 0.2) is 6.10 Å². The predicted molar refractivity (Wildman–Crippen MR) is 110 cm³/mol. The van der Waals surface area contributed by atoms with Gasteiger partial charge < -0.3 is 14.4 Å². The largest absolute Gasteiger partial charge is 0.437 e. The number of aryl methyl sites for hydroxylation is 1. The Morgan fingerprint density at radius 1 is 1.23 bits per heavy atom. The van der Waals surface area contributed by atoms with Crippen LogP contribution in [0.4, 0.5) is 18.0 Å². The van der Waals surface area contributed by atoms with E-state index in [0.29, 0.717) is 31.9 Å². The minimum atomic E-state index is -4.58. The molecule has 0 aliphatic carbocycles. The molecule has 2 heterocycles. The Hall–Kier alpha value is -2.59. The van der Waals surface area contributed by atoms with Crippen molar-refractivity contribution in [3.63, 3.8) is 0 Å². The Morgan fingerprint density at radius 2 is 1.94 bits per heavy atom. The Labute approximate surface area is 182 Å². The molecule has 3 rings (SSSR count). The molecule has 1 saturated heterocycles. The lowest BCUT2D eigenvalue weighted by Gasteiger charge is -2.35. The third-order valence-corrected chi connectivity index (χ3v) is 6.01. The topological polar surface area (TPSA) is 59.1 Å². The molecule has 6 nitrogen and oxygen atoms in total. The lowest BCUT2D eigenvalue weighted by atomic mass is 10.0. The molecule has 1 aliphatic rings. The van der Waals surface area contributed by atoms with E-state index in [1.807, 2.05) is 30.5 Å². The lowest BCUT2D eigenvalue weighted by molar-refractivity contribution is -0.200. The van der Waals surface area contributed by atoms with E-state index in [4.69, 9.17) is 4.74 Å². The van der Waals surface area contributed by atoms with E-state index < -0.39 is 18.4 Å². The molecule has 0 radical (unpaired) electrons. The van der Waals surface area contributed by atoms with Gasteiger partial charge in [-0.1, -0.05) is 23.8 Å². The van der Waals surface area contributed by atoms with E-state index in [9.17, 15) is 22.8 Å². The molecular weight excluding hydrogens is 433 g/mol. The summed E-state index contributed by atoms with van der Waals surface area (Å²) in [6, 6.07) is 7.79. The van der Waals surface area contributed by atoms with Gasteiger partial charge in [-0.05, 0) is 30.9 Å². The summed E-state index contributed by atoms with van der Waals surface area (Å²) in [5, 5.41) is 1.85. The Bertz CT molecular complexity index is 924. The number of hydrogen-bond acceptors (Lipinski definition) is 6. The number of rotatable bonds is 6. The molecule has 1 atom stereocenters. The maximum Gasteiger partial charge on any atom is 0.425 e. The van der Waals surface area contributed by atoms with Crippen LogP contribution in [0.15, 0.2) is 29.6 Å². The first-order chi connectivity index (χ1) is 14.7. The summed E-state index contributed by atoms with van der Waals surface area (Å²) in [4.78, 5) is 27.1. The smallest absolute Gasteiger partial charge is 0.425 e. The van der Waals surface area contributed by atoms with Crippen LogP contribution in [0.2, 0.25) is 0 Å². The van der Waals surface area contributed by atoms with Crippen molar-refractivity contribution in [1.29, 1.82) is 0 Å². The number of amides is 1. The minimum absolute atomic E-state index is 0.281. The molecule has 1 amide bonds. The molecule has 1 unspecified atom stereocenters. The zero-order valence-corrected chi connectivity index (χ0v) is 18.0. The molecule has 1 fully saturated rings. The fourth-order valence-electron chi connectivity index (χ4n) is 3.30. The number of halogens is 3. The van der Waals surface area contributed by atoms with Gasteiger partial charge in [0.2, 0.25) is 0 Å². The zero-order valence-electron chi connectivity index (χ0n) is 17.1. The Kier molecular flexibility index (Phi) is 7.22. The molecular formula is C21H23F3N2O4S. The van der Waals surface area contributed by atoms with Crippen LogP contribution in [0.5, 0.6) is 5.75 Å². The molecule has 31 heavy (non-hydrogen) atoms. The van der Waals surface area contributed by atoms with E-state index in [0.717, 1.165) is 28.5 Å². The third kappa shape index (κ3) is 5.76. The van der Waals surface area contributed by atoms with Crippen molar-refractivity contribution >= 4 is 23.9 Å². The van der Waals surface area contributed by atoms with Crippen molar-refractivity contribution < 1.29 is 32.2 Å². The van der Waals surface area contributed by atoms with E-state index in [1.165, 1.54) is 16.2 Å². The average molecular weight is 456 g/mol. The SMILES string of the molecule is Cc1ccc(CN2CCN(C(=O)OC(C)C(F)(F)F)CC2)c(-c2sccc2OC=O)c1. The summed E-state index contributed by atoms with van der Waals surface area (Å²) < 4.78 is 47.4.